The summed E-state index contributed by atoms with van der Waals surface area (Å²) in [5.41, 5.74) is 0. The molecule has 0 radical (unpaired) electrons. The normalized spacial score (nSPS) is 20.8. The number of ether oxygens (including phenoxy) is 1. The third-order valence-electron chi connectivity index (χ3n) is 2.98. The van der Waals surface area contributed by atoms with Crippen molar-refractivity contribution in [3.63, 3.8) is 0 Å². The van der Waals surface area contributed by atoms with Crippen LogP contribution in [0.15, 0.2) is 12.3 Å². The molecule has 1 aliphatic rings. The minimum absolute atomic E-state index is 0.00588. The van der Waals surface area contributed by atoms with Gasteiger partial charge in [0.15, 0.2) is 0 Å². The van der Waals surface area contributed by atoms with Crippen molar-refractivity contribution in [2.75, 3.05) is 25.2 Å². The molecule has 1 fully saturated rings. The zero-order valence-electron chi connectivity index (χ0n) is 9.72. The smallest absolute Gasteiger partial charge is 0.233 e. The van der Waals surface area contributed by atoms with Crippen molar-refractivity contribution in [3.8, 4) is 0 Å². The summed E-state index contributed by atoms with van der Waals surface area (Å²) >= 11 is 0. The van der Waals surface area contributed by atoms with Crippen LogP contribution in [-0.2, 0) is 16.6 Å². The molecule has 0 N–H and O–H groups in total. The molecule has 1 atom stereocenters. The maximum Gasteiger partial charge on any atom is 0.233 e. The highest BCUT2D eigenvalue weighted by molar-refractivity contribution is 5.93. The summed E-state index contributed by atoms with van der Waals surface area (Å²) in [4.78, 5) is 13.8. The molecule has 2 heterocycles. The van der Waals surface area contributed by atoms with Crippen LogP contribution in [-0.4, -0.2) is 35.9 Å². The molecule has 16 heavy (non-hydrogen) atoms. The Labute approximate surface area is 95.0 Å². The van der Waals surface area contributed by atoms with Gasteiger partial charge in [0.05, 0.1) is 18.7 Å². The second kappa shape index (κ2) is 4.65. The molecule has 0 bridgehead atoms. The van der Waals surface area contributed by atoms with Crippen LogP contribution in [0.25, 0.3) is 0 Å². The van der Waals surface area contributed by atoms with Gasteiger partial charge in [0.2, 0.25) is 5.91 Å². The van der Waals surface area contributed by atoms with Crippen molar-refractivity contribution in [3.05, 3.63) is 12.3 Å². The Kier molecular flexibility index (Phi) is 3.24. The SMILES string of the molecule is CN(C(=O)[C@H]1CCCOC1)c1ccnn1C. The third kappa shape index (κ3) is 2.09. The number of nitrogens with zero attached hydrogens (tertiary/aromatic N) is 3. The third-order valence-corrected chi connectivity index (χ3v) is 2.98. The lowest BCUT2D eigenvalue weighted by molar-refractivity contribution is -0.126. The number of rotatable bonds is 2. The van der Waals surface area contributed by atoms with Gasteiger partial charge in [0, 0.05) is 26.8 Å². The molecule has 1 aliphatic heterocycles. The maximum atomic E-state index is 12.2. The monoisotopic (exact) mass is 223 g/mol. The Bertz CT molecular complexity index is 369. The Balaban J connectivity index is 2.06. The number of anilines is 1. The van der Waals surface area contributed by atoms with Crippen LogP contribution in [0.1, 0.15) is 12.8 Å². The standard InChI is InChI=1S/C11H17N3O2/c1-13(10-5-6-12-14(10)2)11(15)9-4-3-7-16-8-9/h5-6,9H,3-4,7-8H2,1-2H3/t9-/m0/s1. The largest absolute Gasteiger partial charge is 0.381 e. The highest BCUT2D eigenvalue weighted by Crippen LogP contribution is 2.19. The molecule has 1 amide bonds. The lowest BCUT2D eigenvalue weighted by Gasteiger charge is -2.26. The van der Waals surface area contributed by atoms with E-state index in [1.54, 1.807) is 22.8 Å². The zero-order valence-corrected chi connectivity index (χ0v) is 9.72. The summed E-state index contributed by atoms with van der Waals surface area (Å²) in [6, 6.07) is 1.83. The molecule has 1 aromatic rings. The van der Waals surface area contributed by atoms with Gasteiger partial charge in [-0.2, -0.15) is 5.10 Å². The van der Waals surface area contributed by atoms with E-state index in [4.69, 9.17) is 4.74 Å². The fraction of sp³-hybridized carbons (Fsp3) is 0.636. The second-order valence-electron chi connectivity index (χ2n) is 4.12. The van der Waals surface area contributed by atoms with Crippen molar-refractivity contribution >= 4 is 11.7 Å². The quantitative estimate of drug-likeness (QED) is 0.745. The van der Waals surface area contributed by atoms with Crippen LogP contribution in [0, 0.1) is 5.92 Å². The van der Waals surface area contributed by atoms with Crippen molar-refractivity contribution in [1.82, 2.24) is 9.78 Å². The molecular weight excluding hydrogens is 206 g/mol. The summed E-state index contributed by atoms with van der Waals surface area (Å²) < 4.78 is 7.03. The molecule has 88 valence electrons. The van der Waals surface area contributed by atoms with Gasteiger partial charge in [-0.15, -0.1) is 0 Å². The van der Waals surface area contributed by atoms with Gasteiger partial charge in [-0.05, 0) is 12.8 Å². The van der Waals surface area contributed by atoms with Crippen molar-refractivity contribution in [2.45, 2.75) is 12.8 Å². The molecule has 0 saturated carbocycles. The summed E-state index contributed by atoms with van der Waals surface area (Å²) in [6.45, 7) is 1.32. The maximum absolute atomic E-state index is 12.2. The number of carbonyl (C=O) groups is 1. The second-order valence-corrected chi connectivity index (χ2v) is 4.12. The molecule has 0 aliphatic carbocycles. The zero-order chi connectivity index (χ0) is 11.5. The first kappa shape index (κ1) is 11.1. The fourth-order valence-corrected chi connectivity index (χ4v) is 2.02. The van der Waals surface area contributed by atoms with E-state index < -0.39 is 0 Å². The summed E-state index contributed by atoms with van der Waals surface area (Å²) in [5.74, 6) is 0.924. The highest BCUT2D eigenvalue weighted by atomic mass is 16.5. The molecule has 5 heteroatoms. The van der Waals surface area contributed by atoms with E-state index in [-0.39, 0.29) is 11.8 Å². The van der Waals surface area contributed by atoms with E-state index in [2.05, 4.69) is 5.10 Å². The number of amides is 1. The molecule has 0 aromatic carbocycles. The molecule has 0 unspecified atom stereocenters. The molecule has 2 rings (SSSR count). The first-order chi connectivity index (χ1) is 7.70. The van der Waals surface area contributed by atoms with Gasteiger partial charge in [-0.1, -0.05) is 0 Å². The van der Waals surface area contributed by atoms with Crippen molar-refractivity contribution in [2.24, 2.45) is 13.0 Å². The van der Waals surface area contributed by atoms with Crippen molar-refractivity contribution in [1.29, 1.82) is 0 Å². The van der Waals surface area contributed by atoms with Gasteiger partial charge in [0.25, 0.3) is 0 Å². The van der Waals surface area contributed by atoms with Crippen LogP contribution >= 0.6 is 0 Å². The van der Waals surface area contributed by atoms with Crippen LogP contribution in [0.3, 0.4) is 0 Å². The summed E-state index contributed by atoms with van der Waals surface area (Å²) in [6.07, 6.45) is 3.58. The Morgan fingerprint density at radius 1 is 1.69 bits per heavy atom. The van der Waals surface area contributed by atoms with E-state index in [1.807, 2.05) is 13.1 Å². The Morgan fingerprint density at radius 3 is 3.06 bits per heavy atom. The molecule has 0 spiro atoms. The van der Waals surface area contributed by atoms with Gasteiger partial charge in [-0.3, -0.25) is 14.4 Å². The Hall–Kier alpha value is -1.36. The molecule has 1 saturated heterocycles. The van der Waals surface area contributed by atoms with E-state index >= 15 is 0 Å². The lowest BCUT2D eigenvalue weighted by Crippen LogP contribution is -2.38. The van der Waals surface area contributed by atoms with Crippen molar-refractivity contribution < 1.29 is 9.53 Å². The van der Waals surface area contributed by atoms with Gasteiger partial charge in [0.1, 0.15) is 5.82 Å². The lowest BCUT2D eigenvalue weighted by atomic mass is 10.0. The predicted molar refractivity (Wildman–Crippen MR) is 60.2 cm³/mol. The van der Waals surface area contributed by atoms with E-state index in [0.717, 1.165) is 25.3 Å². The minimum Gasteiger partial charge on any atom is -0.381 e. The predicted octanol–water partition coefficient (Wildman–Crippen LogP) is 0.809. The van der Waals surface area contributed by atoms with Gasteiger partial charge in [-0.25, -0.2) is 0 Å². The Morgan fingerprint density at radius 2 is 2.50 bits per heavy atom. The fourth-order valence-electron chi connectivity index (χ4n) is 2.02. The average Bonchev–Trinajstić information content (AvgIpc) is 2.75. The number of aromatic nitrogens is 2. The highest BCUT2D eigenvalue weighted by Gasteiger charge is 2.26. The number of carbonyl (C=O) groups excluding carboxylic acids is 1. The van der Waals surface area contributed by atoms with Crippen LogP contribution in [0.5, 0.6) is 0 Å². The number of hydrogen-bond acceptors (Lipinski definition) is 3. The average molecular weight is 223 g/mol. The van der Waals surface area contributed by atoms with E-state index in [1.165, 1.54) is 0 Å². The minimum atomic E-state index is -0.00588. The summed E-state index contributed by atoms with van der Waals surface area (Å²) in [7, 11) is 3.62. The van der Waals surface area contributed by atoms with Gasteiger partial charge >= 0.3 is 0 Å². The van der Waals surface area contributed by atoms with E-state index in [9.17, 15) is 4.79 Å². The summed E-state index contributed by atoms with van der Waals surface area (Å²) in [5, 5.41) is 4.06. The number of aryl methyl sites for hydroxylation is 1. The first-order valence-electron chi connectivity index (χ1n) is 5.53. The number of hydrogen-bond donors (Lipinski definition) is 0. The van der Waals surface area contributed by atoms with Crippen LogP contribution < -0.4 is 4.90 Å². The molecule has 1 aromatic heterocycles. The molecule has 5 nitrogen and oxygen atoms in total. The van der Waals surface area contributed by atoms with Gasteiger partial charge < -0.3 is 4.74 Å². The van der Waals surface area contributed by atoms with E-state index in [0.29, 0.717) is 6.61 Å². The topological polar surface area (TPSA) is 47.4 Å². The first-order valence-corrected chi connectivity index (χ1v) is 5.53. The van der Waals surface area contributed by atoms with Crippen LogP contribution in [0.4, 0.5) is 5.82 Å². The molecular formula is C11H17N3O2. The van der Waals surface area contributed by atoms with Crippen LogP contribution in [0.2, 0.25) is 0 Å².